The normalized spacial score (nSPS) is 13.6. The molecule has 0 amide bonds. The van der Waals surface area contributed by atoms with Crippen LogP contribution >= 0.6 is 0 Å². The molecule has 0 heterocycles. The summed E-state index contributed by atoms with van der Waals surface area (Å²) in [5.41, 5.74) is 1.16. The van der Waals surface area contributed by atoms with Gasteiger partial charge in [-0.2, -0.15) is 13.2 Å². The second kappa shape index (κ2) is 6.94. The first-order chi connectivity index (χ1) is 8.88. The first-order valence-electron chi connectivity index (χ1n) is 6.78. The molecule has 0 saturated carbocycles. The SMILES string of the molecule is CCNC(CC)CCc1ccc(C(F)(F)F)cc1C. The lowest BCUT2D eigenvalue weighted by molar-refractivity contribution is -0.137. The molecule has 4 heteroatoms. The number of rotatable bonds is 6. The molecule has 0 aliphatic carbocycles. The van der Waals surface area contributed by atoms with E-state index in [2.05, 4.69) is 19.2 Å². The van der Waals surface area contributed by atoms with Crippen LogP contribution in [-0.2, 0) is 12.6 Å². The van der Waals surface area contributed by atoms with Gasteiger partial charge in [0.2, 0.25) is 0 Å². The van der Waals surface area contributed by atoms with E-state index < -0.39 is 11.7 Å². The summed E-state index contributed by atoms with van der Waals surface area (Å²) >= 11 is 0. The van der Waals surface area contributed by atoms with E-state index in [0.717, 1.165) is 36.9 Å². The van der Waals surface area contributed by atoms with E-state index in [0.29, 0.717) is 6.04 Å². The molecule has 108 valence electrons. The third kappa shape index (κ3) is 4.86. The van der Waals surface area contributed by atoms with Crippen LogP contribution in [0.5, 0.6) is 0 Å². The fourth-order valence-corrected chi connectivity index (χ4v) is 2.22. The van der Waals surface area contributed by atoms with Crippen LogP contribution in [0.1, 0.15) is 43.4 Å². The molecule has 0 aromatic heterocycles. The van der Waals surface area contributed by atoms with Crippen molar-refractivity contribution in [3.63, 3.8) is 0 Å². The average Bonchev–Trinajstić information content (AvgIpc) is 2.34. The highest BCUT2D eigenvalue weighted by Crippen LogP contribution is 2.30. The third-order valence-corrected chi connectivity index (χ3v) is 3.42. The summed E-state index contributed by atoms with van der Waals surface area (Å²) in [6.45, 7) is 6.85. The lowest BCUT2D eigenvalue weighted by atomic mass is 9.98. The van der Waals surface area contributed by atoms with Crippen LogP contribution in [0.15, 0.2) is 18.2 Å². The van der Waals surface area contributed by atoms with Crippen molar-refractivity contribution in [3.8, 4) is 0 Å². The number of nitrogens with one attached hydrogen (secondary N) is 1. The minimum Gasteiger partial charge on any atom is -0.314 e. The van der Waals surface area contributed by atoms with E-state index in [-0.39, 0.29) is 0 Å². The van der Waals surface area contributed by atoms with Crippen molar-refractivity contribution in [1.29, 1.82) is 0 Å². The van der Waals surface area contributed by atoms with Gasteiger partial charge in [0.1, 0.15) is 0 Å². The average molecular weight is 273 g/mol. The van der Waals surface area contributed by atoms with E-state index in [9.17, 15) is 13.2 Å². The first-order valence-corrected chi connectivity index (χ1v) is 6.78. The molecule has 1 N–H and O–H groups in total. The molecule has 1 aromatic carbocycles. The van der Waals surface area contributed by atoms with Crippen molar-refractivity contribution in [3.05, 3.63) is 34.9 Å². The third-order valence-electron chi connectivity index (χ3n) is 3.42. The van der Waals surface area contributed by atoms with Gasteiger partial charge in [0.15, 0.2) is 0 Å². The fourth-order valence-electron chi connectivity index (χ4n) is 2.22. The standard InChI is InChI=1S/C15H22F3N/c1-4-14(19-5-2)9-7-12-6-8-13(10-11(12)3)15(16,17)18/h6,8,10,14,19H,4-5,7,9H2,1-3H3. The maximum absolute atomic E-state index is 12.6. The Kier molecular flexibility index (Phi) is 5.85. The Morgan fingerprint density at radius 1 is 1.21 bits per heavy atom. The Balaban J connectivity index is 2.70. The zero-order chi connectivity index (χ0) is 14.5. The number of hydrogen-bond donors (Lipinski definition) is 1. The molecular weight excluding hydrogens is 251 g/mol. The Morgan fingerprint density at radius 2 is 1.89 bits per heavy atom. The Bertz CT molecular complexity index is 399. The van der Waals surface area contributed by atoms with Crippen molar-refractivity contribution >= 4 is 0 Å². The summed E-state index contributed by atoms with van der Waals surface area (Å²) in [5.74, 6) is 0. The second-order valence-electron chi connectivity index (χ2n) is 4.84. The topological polar surface area (TPSA) is 12.0 Å². The van der Waals surface area contributed by atoms with Crippen LogP contribution < -0.4 is 5.32 Å². The van der Waals surface area contributed by atoms with Gasteiger partial charge in [-0.25, -0.2) is 0 Å². The monoisotopic (exact) mass is 273 g/mol. The van der Waals surface area contributed by atoms with Crippen molar-refractivity contribution in [2.45, 2.75) is 52.3 Å². The van der Waals surface area contributed by atoms with E-state index in [4.69, 9.17) is 0 Å². The van der Waals surface area contributed by atoms with E-state index in [1.807, 2.05) is 0 Å². The smallest absolute Gasteiger partial charge is 0.314 e. The molecule has 1 aromatic rings. The van der Waals surface area contributed by atoms with Gasteiger partial charge in [0.05, 0.1) is 5.56 Å². The molecule has 1 rings (SSSR count). The zero-order valence-corrected chi connectivity index (χ0v) is 11.8. The summed E-state index contributed by atoms with van der Waals surface area (Å²) in [4.78, 5) is 0. The number of halogens is 3. The predicted molar refractivity (Wildman–Crippen MR) is 72.3 cm³/mol. The molecule has 0 aliphatic heterocycles. The van der Waals surface area contributed by atoms with Gasteiger partial charge in [0.25, 0.3) is 0 Å². The van der Waals surface area contributed by atoms with Gasteiger partial charge >= 0.3 is 6.18 Å². The minimum absolute atomic E-state index is 0.437. The molecule has 1 atom stereocenters. The molecule has 1 unspecified atom stereocenters. The molecule has 0 radical (unpaired) electrons. The van der Waals surface area contributed by atoms with Gasteiger partial charge < -0.3 is 5.32 Å². The highest BCUT2D eigenvalue weighted by Gasteiger charge is 2.30. The number of benzene rings is 1. The quantitative estimate of drug-likeness (QED) is 0.813. The van der Waals surface area contributed by atoms with Crippen LogP contribution in [0, 0.1) is 6.92 Å². The number of alkyl halides is 3. The lowest BCUT2D eigenvalue weighted by Crippen LogP contribution is -2.28. The van der Waals surface area contributed by atoms with Crippen LogP contribution in [0.4, 0.5) is 13.2 Å². The van der Waals surface area contributed by atoms with Crippen molar-refractivity contribution in [1.82, 2.24) is 5.32 Å². The molecule has 0 saturated heterocycles. The summed E-state index contributed by atoms with van der Waals surface area (Å²) < 4.78 is 37.7. The van der Waals surface area contributed by atoms with Crippen molar-refractivity contribution in [2.24, 2.45) is 0 Å². The fraction of sp³-hybridized carbons (Fsp3) is 0.600. The van der Waals surface area contributed by atoms with Crippen molar-refractivity contribution in [2.75, 3.05) is 6.54 Å². The highest BCUT2D eigenvalue weighted by molar-refractivity contribution is 5.32. The maximum Gasteiger partial charge on any atom is 0.416 e. The largest absolute Gasteiger partial charge is 0.416 e. The van der Waals surface area contributed by atoms with Crippen molar-refractivity contribution < 1.29 is 13.2 Å². The van der Waals surface area contributed by atoms with Gasteiger partial charge in [0, 0.05) is 6.04 Å². The Hall–Kier alpha value is -1.03. The van der Waals surface area contributed by atoms with Gasteiger partial charge in [-0.15, -0.1) is 0 Å². The molecule has 19 heavy (non-hydrogen) atoms. The maximum atomic E-state index is 12.6. The lowest BCUT2D eigenvalue weighted by Gasteiger charge is -2.17. The Labute approximate surface area is 113 Å². The molecule has 0 aliphatic rings. The van der Waals surface area contributed by atoms with E-state index in [1.54, 1.807) is 13.0 Å². The van der Waals surface area contributed by atoms with Crippen LogP contribution in [0.3, 0.4) is 0 Å². The summed E-state index contributed by atoms with van der Waals surface area (Å²) in [7, 11) is 0. The summed E-state index contributed by atoms with van der Waals surface area (Å²) in [6, 6.07) is 4.46. The number of aryl methyl sites for hydroxylation is 2. The van der Waals surface area contributed by atoms with Crippen LogP contribution in [0.25, 0.3) is 0 Å². The number of hydrogen-bond acceptors (Lipinski definition) is 1. The molecule has 0 fully saturated rings. The summed E-state index contributed by atoms with van der Waals surface area (Å²) in [5, 5.41) is 3.38. The first kappa shape index (κ1) is 16.0. The second-order valence-corrected chi connectivity index (χ2v) is 4.84. The van der Waals surface area contributed by atoms with Gasteiger partial charge in [-0.05, 0) is 56.0 Å². The predicted octanol–water partition coefficient (Wildman–Crippen LogP) is 4.33. The van der Waals surface area contributed by atoms with E-state index in [1.165, 1.54) is 12.1 Å². The zero-order valence-electron chi connectivity index (χ0n) is 11.8. The van der Waals surface area contributed by atoms with Gasteiger partial charge in [-0.3, -0.25) is 0 Å². The minimum atomic E-state index is -4.25. The van der Waals surface area contributed by atoms with Crippen LogP contribution in [0.2, 0.25) is 0 Å². The van der Waals surface area contributed by atoms with E-state index >= 15 is 0 Å². The molecule has 0 bridgehead atoms. The molecule has 1 nitrogen and oxygen atoms in total. The van der Waals surface area contributed by atoms with Crippen LogP contribution in [-0.4, -0.2) is 12.6 Å². The molecule has 0 spiro atoms. The Morgan fingerprint density at radius 3 is 2.37 bits per heavy atom. The van der Waals surface area contributed by atoms with Gasteiger partial charge in [-0.1, -0.05) is 19.9 Å². The summed E-state index contributed by atoms with van der Waals surface area (Å²) in [6.07, 6.45) is -1.45. The highest BCUT2D eigenvalue weighted by atomic mass is 19.4. The molecular formula is C15H22F3N.